The maximum atomic E-state index is 12.1. The molecule has 2 aliphatic heterocycles. The zero-order valence-corrected chi connectivity index (χ0v) is 12.9. The van der Waals surface area contributed by atoms with Gasteiger partial charge in [-0.1, -0.05) is 0 Å². The summed E-state index contributed by atoms with van der Waals surface area (Å²) in [6, 6.07) is 0. The molecule has 0 saturated carbocycles. The first-order valence-electron chi connectivity index (χ1n) is 3.35. The Kier molecular flexibility index (Phi) is 9.23. The first kappa shape index (κ1) is 15.2. The Morgan fingerprint density at radius 3 is 1.47 bits per heavy atom. The molecule has 0 amide bonds. The van der Waals surface area contributed by atoms with E-state index in [4.69, 9.17) is 0 Å². The largest absolute Gasteiger partial charge is 0.303 e. The van der Waals surface area contributed by atoms with Gasteiger partial charge in [0.15, 0.2) is 0 Å². The van der Waals surface area contributed by atoms with Crippen molar-refractivity contribution in [1.82, 2.24) is 28.8 Å². The monoisotopic (exact) mass is 336 g/mol. The lowest BCUT2D eigenvalue weighted by Gasteiger charge is -2.24. The third-order valence-corrected chi connectivity index (χ3v) is 7.39. The number of nitrogens with one attached hydrogen (secondary N) is 4. The summed E-state index contributed by atoms with van der Waals surface area (Å²) in [7, 11) is -1.44. The topological polar surface area (TPSA) is 54.6 Å². The summed E-state index contributed by atoms with van der Waals surface area (Å²) in [6.45, 7) is 0. The molecular formula is H9F3N6P6. The third kappa shape index (κ3) is 6.58. The molecule has 15 heavy (non-hydrogen) atoms. The first-order valence-corrected chi connectivity index (χ1v) is 9.39. The van der Waals surface area contributed by atoms with Crippen LogP contribution < -0.4 is 19.4 Å². The molecule has 4 N–H and O–H groups in total. The van der Waals surface area contributed by atoms with Gasteiger partial charge in [0.1, 0.15) is 0 Å². The van der Waals surface area contributed by atoms with Crippen molar-refractivity contribution in [3.8, 4) is 0 Å². The molecule has 0 aromatic carbocycles. The molecule has 2 saturated heterocycles. The minimum atomic E-state index is -2.82. The second-order valence-electron chi connectivity index (χ2n) is 1.86. The van der Waals surface area contributed by atoms with E-state index in [-0.39, 0.29) is 9.33 Å². The molecule has 2 unspecified atom stereocenters. The third-order valence-electron chi connectivity index (χ3n) is 0.961. The van der Waals surface area contributed by atoms with Crippen molar-refractivity contribution in [2.75, 3.05) is 0 Å². The van der Waals surface area contributed by atoms with Crippen molar-refractivity contribution in [2.24, 2.45) is 0 Å². The molecule has 0 aliphatic carbocycles. The predicted octanol–water partition coefficient (Wildman–Crippen LogP) is 2.47. The van der Waals surface area contributed by atoms with Crippen LogP contribution in [0.2, 0.25) is 0 Å². The fourth-order valence-corrected chi connectivity index (χ4v) is 7.02. The molecule has 0 radical (unpaired) electrons. The van der Waals surface area contributed by atoms with Crippen LogP contribution in [0.1, 0.15) is 0 Å². The average Bonchev–Trinajstić information content (AvgIpc) is 2.29. The molecular weight excluding hydrogens is 327 g/mol. The molecule has 90 valence electrons. The highest BCUT2D eigenvalue weighted by Gasteiger charge is 2.31. The average molecular weight is 336 g/mol. The fraction of sp³-hybridized carbons (Fsp3) is 0. The second kappa shape index (κ2) is 9.11. The highest BCUT2D eigenvalue weighted by molar-refractivity contribution is 7.69. The van der Waals surface area contributed by atoms with Crippen LogP contribution in [0.3, 0.4) is 0 Å². The van der Waals surface area contributed by atoms with Crippen molar-refractivity contribution in [2.45, 2.75) is 0 Å². The van der Waals surface area contributed by atoms with E-state index in [0.717, 1.165) is 26.6 Å². The number of nitrogens with zero attached hydrogens (tertiary/aromatic N) is 2. The van der Waals surface area contributed by atoms with Gasteiger partial charge in [-0.25, -0.2) is 4.86 Å². The van der Waals surface area contributed by atoms with Crippen LogP contribution in [-0.2, 0) is 0 Å². The fourth-order valence-electron chi connectivity index (χ4n) is 0.456. The molecule has 0 spiro atoms. The summed E-state index contributed by atoms with van der Waals surface area (Å²) < 4.78 is 35.7. The predicted molar refractivity (Wildman–Crippen MR) is 68.0 cm³/mol. The Labute approximate surface area is 95.3 Å². The Morgan fingerprint density at radius 1 is 0.800 bits per heavy atom. The minimum Gasteiger partial charge on any atom is -0.254 e. The molecule has 0 bridgehead atoms. The maximum Gasteiger partial charge on any atom is 0.303 e. The minimum absolute atomic E-state index is 0.175. The summed E-state index contributed by atoms with van der Waals surface area (Å²) in [5, 5.41) is 0. The zero-order valence-electron chi connectivity index (χ0n) is 6.98. The SMILES string of the molecule is FN1PNPN(F)P1F.N1PNPNP1. The van der Waals surface area contributed by atoms with E-state index in [0.29, 0.717) is 0 Å². The Balaban J connectivity index is 0.000000162. The summed E-state index contributed by atoms with van der Waals surface area (Å²) in [6.07, 6.45) is 0. The van der Waals surface area contributed by atoms with Crippen LogP contribution in [0.25, 0.3) is 0 Å². The normalized spacial score (nSPS) is 37.4. The molecule has 2 aliphatic rings. The van der Waals surface area contributed by atoms with Gasteiger partial charge < -0.3 is 0 Å². The van der Waals surface area contributed by atoms with Gasteiger partial charge in [0.05, 0.1) is 17.8 Å². The Hall–Kier alpha value is 2.13. The lowest BCUT2D eigenvalue weighted by Crippen LogP contribution is -2.12. The van der Waals surface area contributed by atoms with Gasteiger partial charge in [0.2, 0.25) is 0 Å². The lowest BCUT2D eigenvalue weighted by molar-refractivity contribution is 0.203. The summed E-state index contributed by atoms with van der Waals surface area (Å²) in [5.74, 6) is 0. The van der Waals surface area contributed by atoms with Gasteiger partial charge in [-0.05, 0) is 9.33 Å². The quantitative estimate of drug-likeness (QED) is 0.403. The molecule has 2 fully saturated rings. The van der Waals surface area contributed by atoms with Crippen LogP contribution in [-0.4, -0.2) is 9.33 Å². The smallest absolute Gasteiger partial charge is 0.254 e. The first-order chi connectivity index (χ1) is 7.22. The van der Waals surface area contributed by atoms with Gasteiger partial charge in [-0.3, -0.25) is 14.6 Å². The number of hydrogen-bond acceptors (Lipinski definition) is 6. The van der Waals surface area contributed by atoms with Gasteiger partial charge in [0.25, 0.3) is 0 Å². The Morgan fingerprint density at radius 2 is 1.20 bits per heavy atom. The molecule has 2 rings (SSSR count). The molecule has 6 nitrogen and oxygen atoms in total. The zero-order chi connectivity index (χ0) is 11.1. The second-order valence-corrected chi connectivity index (χ2v) is 9.78. The summed E-state index contributed by atoms with van der Waals surface area (Å²) in [4.78, 5) is 11.7. The molecule has 2 atom stereocenters. The van der Waals surface area contributed by atoms with Crippen LogP contribution in [0.4, 0.5) is 13.2 Å². The molecule has 0 aromatic rings. The highest BCUT2D eigenvalue weighted by Crippen LogP contribution is 2.60. The summed E-state index contributed by atoms with van der Waals surface area (Å²) >= 11 is 0. The maximum absolute atomic E-state index is 12.1. The molecule has 0 aromatic heterocycles. The van der Waals surface area contributed by atoms with Crippen molar-refractivity contribution in [3.05, 3.63) is 0 Å². The van der Waals surface area contributed by atoms with Crippen molar-refractivity contribution in [3.63, 3.8) is 0 Å². The Bertz CT molecular complexity index is 147. The van der Waals surface area contributed by atoms with Gasteiger partial charge in [-0.2, -0.15) is 4.20 Å². The standard InChI is InChI=1S/F3H3N3P3.H6N3P3/c1-5-7-4-8-6(2)9(5)3;1-4-2-6-3-5-1/h4,7-8H;1-6H. The molecule has 2 heterocycles. The lowest BCUT2D eigenvalue weighted by atomic mass is 13.6. The van der Waals surface area contributed by atoms with Gasteiger partial charge in [0, 0.05) is 26.6 Å². The summed E-state index contributed by atoms with van der Waals surface area (Å²) in [5.41, 5.74) is 0. The highest BCUT2D eigenvalue weighted by atomic mass is 31.2. The van der Waals surface area contributed by atoms with E-state index in [2.05, 4.69) is 19.4 Å². The van der Waals surface area contributed by atoms with Crippen molar-refractivity contribution >= 4 is 52.9 Å². The van der Waals surface area contributed by atoms with E-state index in [1.165, 1.54) is 0 Å². The van der Waals surface area contributed by atoms with Crippen molar-refractivity contribution in [1.29, 1.82) is 0 Å². The van der Waals surface area contributed by atoms with Crippen LogP contribution in [0.5, 0.6) is 0 Å². The van der Waals surface area contributed by atoms with E-state index in [1.54, 1.807) is 0 Å². The number of halogens is 3. The van der Waals surface area contributed by atoms with E-state index in [1.807, 2.05) is 0 Å². The number of hydrogen-bond donors (Lipinski definition) is 4. The van der Waals surface area contributed by atoms with E-state index >= 15 is 0 Å². The van der Waals surface area contributed by atoms with Crippen molar-refractivity contribution < 1.29 is 13.2 Å². The van der Waals surface area contributed by atoms with Crippen LogP contribution in [0.15, 0.2) is 0 Å². The number of rotatable bonds is 0. The van der Waals surface area contributed by atoms with Gasteiger partial charge in [-0.15, -0.1) is 8.96 Å². The van der Waals surface area contributed by atoms with Crippen LogP contribution >= 0.6 is 52.9 Å². The van der Waals surface area contributed by atoms with E-state index in [9.17, 15) is 13.2 Å². The van der Waals surface area contributed by atoms with E-state index < -0.39 is 26.3 Å². The van der Waals surface area contributed by atoms with Crippen LogP contribution in [0, 0.1) is 0 Å². The molecule has 15 heteroatoms. The van der Waals surface area contributed by atoms with Gasteiger partial charge >= 0.3 is 8.53 Å².